The number of carbonyl (C=O) groups excluding carboxylic acids is 4. The Hall–Kier alpha value is -3.19. The lowest BCUT2D eigenvalue weighted by Crippen LogP contribution is -2.52. The highest BCUT2D eigenvalue weighted by molar-refractivity contribution is 6.30. The summed E-state index contributed by atoms with van der Waals surface area (Å²) in [6.07, 6.45) is 3.76. The second kappa shape index (κ2) is 8.63. The van der Waals surface area contributed by atoms with Crippen molar-refractivity contribution in [1.29, 1.82) is 0 Å². The van der Waals surface area contributed by atoms with Crippen molar-refractivity contribution >= 4 is 35.2 Å². The molecule has 2 aliphatic heterocycles. The van der Waals surface area contributed by atoms with Crippen LogP contribution in [0.3, 0.4) is 0 Å². The fourth-order valence-electron chi connectivity index (χ4n) is 4.89. The molecule has 2 unspecified atom stereocenters. The first-order valence-corrected chi connectivity index (χ1v) is 11.6. The van der Waals surface area contributed by atoms with E-state index in [9.17, 15) is 19.2 Å². The van der Waals surface area contributed by atoms with Gasteiger partial charge in [0.15, 0.2) is 0 Å². The molecule has 0 bridgehead atoms. The number of piperidine rings is 1. The molecule has 4 amide bonds. The molecule has 2 aromatic rings. The lowest BCUT2D eigenvalue weighted by atomic mass is 9.77. The summed E-state index contributed by atoms with van der Waals surface area (Å²) in [5.41, 5.74) is 2.65. The van der Waals surface area contributed by atoms with E-state index in [1.54, 1.807) is 18.2 Å². The van der Waals surface area contributed by atoms with E-state index < -0.39 is 11.9 Å². The van der Waals surface area contributed by atoms with Gasteiger partial charge in [0, 0.05) is 29.1 Å². The lowest BCUT2D eigenvalue weighted by molar-refractivity contribution is -0.136. The Labute approximate surface area is 196 Å². The maximum absolute atomic E-state index is 13.2. The summed E-state index contributed by atoms with van der Waals surface area (Å²) in [5.74, 6) is -0.860. The second-order valence-electron chi connectivity index (χ2n) is 8.97. The van der Waals surface area contributed by atoms with E-state index in [4.69, 9.17) is 11.6 Å². The van der Waals surface area contributed by atoms with Crippen LogP contribution in [0.15, 0.2) is 42.5 Å². The van der Waals surface area contributed by atoms with Gasteiger partial charge in [0.1, 0.15) is 6.04 Å². The van der Waals surface area contributed by atoms with Gasteiger partial charge in [0.2, 0.25) is 11.8 Å². The first-order valence-electron chi connectivity index (χ1n) is 11.2. The van der Waals surface area contributed by atoms with Gasteiger partial charge in [-0.25, -0.2) is 0 Å². The Morgan fingerprint density at radius 3 is 2.61 bits per heavy atom. The van der Waals surface area contributed by atoms with Gasteiger partial charge in [0.05, 0.1) is 6.04 Å². The van der Waals surface area contributed by atoms with E-state index >= 15 is 0 Å². The van der Waals surface area contributed by atoms with Crippen molar-refractivity contribution in [2.45, 2.75) is 50.7 Å². The molecule has 2 atom stereocenters. The molecule has 2 N–H and O–H groups in total. The van der Waals surface area contributed by atoms with E-state index in [1.165, 1.54) is 4.90 Å². The summed E-state index contributed by atoms with van der Waals surface area (Å²) >= 11 is 6.19. The fraction of sp³-hybridized carbons (Fsp3) is 0.360. The van der Waals surface area contributed by atoms with Crippen LogP contribution in [-0.2, 0) is 16.1 Å². The third-order valence-corrected chi connectivity index (χ3v) is 7.14. The molecule has 33 heavy (non-hydrogen) atoms. The van der Waals surface area contributed by atoms with Crippen molar-refractivity contribution < 1.29 is 19.2 Å². The fourth-order valence-corrected chi connectivity index (χ4v) is 5.09. The quantitative estimate of drug-likeness (QED) is 0.662. The smallest absolute Gasteiger partial charge is 0.255 e. The highest BCUT2D eigenvalue weighted by Gasteiger charge is 2.39. The van der Waals surface area contributed by atoms with Crippen molar-refractivity contribution in [2.75, 3.05) is 0 Å². The van der Waals surface area contributed by atoms with Crippen LogP contribution in [-0.4, -0.2) is 34.6 Å². The zero-order valence-corrected chi connectivity index (χ0v) is 18.7. The van der Waals surface area contributed by atoms with E-state index in [-0.39, 0.29) is 36.7 Å². The molecule has 1 aliphatic carbocycles. The molecule has 170 valence electrons. The van der Waals surface area contributed by atoms with E-state index in [0.29, 0.717) is 34.1 Å². The van der Waals surface area contributed by atoms with Crippen LogP contribution >= 0.6 is 11.6 Å². The summed E-state index contributed by atoms with van der Waals surface area (Å²) < 4.78 is 0. The monoisotopic (exact) mass is 465 g/mol. The van der Waals surface area contributed by atoms with E-state index in [0.717, 1.165) is 24.8 Å². The van der Waals surface area contributed by atoms with Crippen LogP contribution in [0.25, 0.3) is 0 Å². The first-order chi connectivity index (χ1) is 15.9. The molecule has 1 saturated heterocycles. The van der Waals surface area contributed by atoms with Crippen molar-refractivity contribution in [3.8, 4) is 0 Å². The average molecular weight is 466 g/mol. The van der Waals surface area contributed by atoms with E-state index in [2.05, 4.69) is 10.6 Å². The SMILES string of the molecule is O=C1CCC(N2Cc3cc(C(=O)NC(c4cccc(Cl)c4)C4CCC4)ccc3C2=O)C(=O)N1. The first kappa shape index (κ1) is 21.6. The molecule has 8 heteroatoms. The molecule has 7 nitrogen and oxygen atoms in total. The number of fused-ring (bicyclic) bond motifs is 1. The van der Waals surface area contributed by atoms with Crippen molar-refractivity contribution in [1.82, 2.24) is 15.5 Å². The standard InChI is InChI=1S/C25H24ClN3O4/c26-18-6-2-5-15(12-18)22(14-3-1-4-14)28-23(31)16-7-8-19-17(11-16)13-29(25(19)33)20-9-10-21(30)27-24(20)32/h2,5-8,11-12,14,20,22H,1,3-4,9-10,13H2,(H,28,31)(H,27,30,32). The number of hydrogen-bond acceptors (Lipinski definition) is 4. The maximum Gasteiger partial charge on any atom is 0.255 e. The highest BCUT2D eigenvalue weighted by Crippen LogP contribution is 2.38. The molecular weight excluding hydrogens is 442 g/mol. The molecule has 2 aromatic carbocycles. The molecular formula is C25H24ClN3O4. The number of halogens is 1. The third-order valence-electron chi connectivity index (χ3n) is 6.90. The maximum atomic E-state index is 13.2. The van der Waals surface area contributed by atoms with Crippen LogP contribution in [0.2, 0.25) is 5.02 Å². The van der Waals surface area contributed by atoms with Gasteiger partial charge in [-0.1, -0.05) is 30.2 Å². The molecule has 3 aliphatic rings. The Morgan fingerprint density at radius 2 is 1.91 bits per heavy atom. The second-order valence-corrected chi connectivity index (χ2v) is 9.41. The minimum Gasteiger partial charge on any atom is -0.345 e. The molecule has 0 spiro atoms. The topological polar surface area (TPSA) is 95.6 Å². The molecule has 0 aromatic heterocycles. The zero-order valence-electron chi connectivity index (χ0n) is 18.0. The molecule has 1 saturated carbocycles. The summed E-state index contributed by atoms with van der Waals surface area (Å²) in [6, 6.07) is 11.8. The van der Waals surface area contributed by atoms with Gasteiger partial charge >= 0.3 is 0 Å². The molecule has 2 heterocycles. The molecule has 5 rings (SSSR count). The minimum atomic E-state index is -0.675. The Morgan fingerprint density at radius 1 is 1.09 bits per heavy atom. The minimum absolute atomic E-state index is 0.125. The van der Waals surface area contributed by atoms with Crippen LogP contribution < -0.4 is 10.6 Å². The molecule has 2 fully saturated rings. The predicted octanol–water partition coefficient (Wildman–Crippen LogP) is 3.37. The van der Waals surface area contributed by atoms with Crippen LogP contribution in [0.1, 0.15) is 70.0 Å². The number of benzene rings is 2. The van der Waals surface area contributed by atoms with Crippen molar-refractivity contribution in [2.24, 2.45) is 5.92 Å². The summed E-state index contributed by atoms with van der Waals surface area (Å²) in [7, 11) is 0. The third kappa shape index (κ3) is 4.13. The summed E-state index contributed by atoms with van der Waals surface area (Å²) in [5, 5.41) is 6.11. The predicted molar refractivity (Wildman–Crippen MR) is 121 cm³/mol. The van der Waals surface area contributed by atoms with Crippen LogP contribution in [0, 0.1) is 5.92 Å². The van der Waals surface area contributed by atoms with Crippen molar-refractivity contribution in [3.63, 3.8) is 0 Å². The number of nitrogens with one attached hydrogen (secondary N) is 2. The zero-order chi connectivity index (χ0) is 23.1. The Bertz CT molecular complexity index is 1160. The average Bonchev–Trinajstić information content (AvgIpc) is 3.07. The van der Waals surface area contributed by atoms with Crippen LogP contribution in [0.5, 0.6) is 0 Å². The number of imide groups is 1. The lowest BCUT2D eigenvalue weighted by Gasteiger charge is -2.34. The van der Waals surface area contributed by atoms with Gasteiger partial charge in [0.25, 0.3) is 11.8 Å². The number of amides is 4. The molecule has 0 radical (unpaired) electrons. The van der Waals surface area contributed by atoms with Gasteiger partial charge in [-0.2, -0.15) is 0 Å². The van der Waals surface area contributed by atoms with Crippen LogP contribution in [0.4, 0.5) is 0 Å². The summed E-state index contributed by atoms with van der Waals surface area (Å²) in [6.45, 7) is 0.238. The number of carbonyl (C=O) groups is 4. The van der Waals surface area contributed by atoms with Crippen molar-refractivity contribution in [3.05, 3.63) is 69.7 Å². The number of rotatable bonds is 5. The Balaban J connectivity index is 1.34. The van der Waals surface area contributed by atoms with E-state index in [1.807, 2.05) is 24.3 Å². The van der Waals surface area contributed by atoms with Gasteiger partial charge in [-0.15, -0.1) is 0 Å². The number of hydrogen-bond donors (Lipinski definition) is 2. The van der Waals surface area contributed by atoms with Gasteiger partial charge in [-0.3, -0.25) is 24.5 Å². The van der Waals surface area contributed by atoms with Gasteiger partial charge < -0.3 is 10.2 Å². The Kier molecular flexibility index (Phi) is 5.66. The number of nitrogens with zero attached hydrogens (tertiary/aromatic N) is 1. The normalized spacial score (nSPS) is 21.3. The largest absolute Gasteiger partial charge is 0.345 e. The van der Waals surface area contributed by atoms with Gasteiger partial charge in [-0.05, 0) is 66.6 Å². The highest BCUT2D eigenvalue weighted by atomic mass is 35.5. The summed E-state index contributed by atoms with van der Waals surface area (Å²) in [4.78, 5) is 51.2.